The number of esters is 2. The summed E-state index contributed by atoms with van der Waals surface area (Å²) in [6.07, 6.45) is 7.66. The average Bonchev–Trinajstić information content (AvgIpc) is 2.40. The maximum Gasteiger partial charge on any atom is 0.330 e. The van der Waals surface area contributed by atoms with Crippen LogP contribution in [0.3, 0.4) is 0 Å². The summed E-state index contributed by atoms with van der Waals surface area (Å²) in [4.78, 5) is 22.6. The summed E-state index contributed by atoms with van der Waals surface area (Å²) >= 11 is 0. The molecule has 2 atom stereocenters. The second-order valence-corrected chi connectivity index (χ2v) is 4.86. The first-order valence-corrected chi connectivity index (χ1v) is 7.29. The van der Waals surface area contributed by atoms with Gasteiger partial charge in [-0.3, -0.25) is 4.79 Å². The van der Waals surface area contributed by atoms with Gasteiger partial charge in [0.1, 0.15) is 0 Å². The topological polar surface area (TPSA) is 61.8 Å². The van der Waals surface area contributed by atoms with Crippen molar-refractivity contribution in [3.05, 3.63) is 12.2 Å². The maximum atomic E-state index is 11.7. The normalized spacial score (nSPS) is 22.7. The zero-order valence-corrected chi connectivity index (χ0v) is 12.3. The maximum absolute atomic E-state index is 11.7. The standard InChI is InChI=1S/C15H24O5/c1-3-4-5-6-7-10-14(17)20-13-9-8-11-18-15(13)19-12(2)16/h7,10,13,15H,3-6,8-9,11H2,1-2H3/b10-7+/t13-,15+/m1/s1. The summed E-state index contributed by atoms with van der Waals surface area (Å²) < 4.78 is 15.6. The zero-order chi connectivity index (χ0) is 14.8. The van der Waals surface area contributed by atoms with Crippen LogP contribution < -0.4 is 0 Å². The van der Waals surface area contributed by atoms with Crippen LogP contribution in [0.1, 0.15) is 52.4 Å². The molecule has 20 heavy (non-hydrogen) atoms. The first kappa shape index (κ1) is 16.7. The van der Waals surface area contributed by atoms with Crippen LogP contribution in [-0.2, 0) is 23.8 Å². The van der Waals surface area contributed by atoms with Crippen molar-refractivity contribution in [2.75, 3.05) is 6.61 Å². The summed E-state index contributed by atoms with van der Waals surface area (Å²) in [5.41, 5.74) is 0. The molecule has 0 aliphatic carbocycles. The van der Waals surface area contributed by atoms with Gasteiger partial charge in [-0.15, -0.1) is 0 Å². The van der Waals surface area contributed by atoms with Gasteiger partial charge in [-0.25, -0.2) is 4.79 Å². The fraction of sp³-hybridized carbons (Fsp3) is 0.733. The van der Waals surface area contributed by atoms with E-state index in [9.17, 15) is 9.59 Å². The van der Waals surface area contributed by atoms with E-state index in [1.807, 2.05) is 6.08 Å². The van der Waals surface area contributed by atoms with Crippen LogP contribution in [0.4, 0.5) is 0 Å². The van der Waals surface area contributed by atoms with E-state index in [0.29, 0.717) is 13.0 Å². The van der Waals surface area contributed by atoms with Crippen LogP contribution in [0.15, 0.2) is 12.2 Å². The first-order valence-electron chi connectivity index (χ1n) is 7.29. The predicted molar refractivity (Wildman–Crippen MR) is 73.9 cm³/mol. The number of carbonyl (C=O) groups excluding carboxylic acids is 2. The molecule has 0 aromatic rings. The van der Waals surface area contributed by atoms with Crippen LogP contribution in [0.5, 0.6) is 0 Å². The Kier molecular flexibility index (Phi) is 7.95. The highest BCUT2D eigenvalue weighted by molar-refractivity contribution is 5.82. The number of hydrogen-bond acceptors (Lipinski definition) is 5. The Labute approximate surface area is 120 Å². The van der Waals surface area contributed by atoms with Gasteiger partial charge in [0.15, 0.2) is 6.10 Å². The van der Waals surface area contributed by atoms with Gasteiger partial charge in [0.25, 0.3) is 0 Å². The molecule has 1 aliphatic rings. The molecule has 1 heterocycles. The number of ether oxygens (including phenoxy) is 3. The third kappa shape index (κ3) is 6.70. The number of hydrogen-bond donors (Lipinski definition) is 0. The Morgan fingerprint density at radius 3 is 2.80 bits per heavy atom. The molecule has 0 radical (unpaired) electrons. The smallest absolute Gasteiger partial charge is 0.330 e. The zero-order valence-electron chi connectivity index (χ0n) is 12.3. The molecule has 1 saturated heterocycles. The highest BCUT2D eigenvalue weighted by atomic mass is 16.7. The SMILES string of the molecule is CCCCC/C=C/C(=O)O[C@@H]1CCCO[C@H]1OC(C)=O. The van der Waals surface area contributed by atoms with Crippen LogP contribution >= 0.6 is 0 Å². The summed E-state index contributed by atoms with van der Waals surface area (Å²) in [7, 11) is 0. The Morgan fingerprint density at radius 1 is 1.30 bits per heavy atom. The van der Waals surface area contributed by atoms with Gasteiger partial charge in [-0.1, -0.05) is 25.8 Å². The number of unbranched alkanes of at least 4 members (excludes halogenated alkanes) is 3. The lowest BCUT2D eigenvalue weighted by Crippen LogP contribution is -2.40. The van der Waals surface area contributed by atoms with Crippen molar-refractivity contribution >= 4 is 11.9 Å². The van der Waals surface area contributed by atoms with Crippen LogP contribution in [0.25, 0.3) is 0 Å². The Morgan fingerprint density at radius 2 is 2.10 bits per heavy atom. The minimum absolute atomic E-state index is 0.408. The third-order valence-corrected chi connectivity index (χ3v) is 3.00. The Bertz CT molecular complexity index is 337. The van der Waals surface area contributed by atoms with Crippen molar-refractivity contribution in [1.29, 1.82) is 0 Å². The van der Waals surface area contributed by atoms with Gasteiger partial charge in [-0.2, -0.15) is 0 Å². The lowest BCUT2D eigenvalue weighted by molar-refractivity contribution is -0.222. The van der Waals surface area contributed by atoms with E-state index in [1.54, 1.807) is 0 Å². The molecule has 0 aromatic carbocycles. The highest BCUT2D eigenvalue weighted by Crippen LogP contribution is 2.19. The van der Waals surface area contributed by atoms with Gasteiger partial charge in [-0.05, 0) is 25.7 Å². The average molecular weight is 284 g/mol. The van der Waals surface area contributed by atoms with E-state index in [2.05, 4.69) is 6.92 Å². The molecular weight excluding hydrogens is 260 g/mol. The van der Waals surface area contributed by atoms with Crippen molar-refractivity contribution in [1.82, 2.24) is 0 Å². The molecular formula is C15H24O5. The molecule has 1 aliphatic heterocycles. The molecule has 0 bridgehead atoms. The second kappa shape index (κ2) is 9.53. The second-order valence-electron chi connectivity index (χ2n) is 4.86. The Balaban J connectivity index is 2.35. The van der Waals surface area contributed by atoms with Crippen LogP contribution in [0, 0.1) is 0 Å². The molecule has 0 spiro atoms. The molecule has 0 N–H and O–H groups in total. The van der Waals surface area contributed by atoms with Crippen molar-refractivity contribution in [2.24, 2.45) is 0 Å². The monoisotopic (exact) mass is 284 g/mol. The number of rotatable bonds is 7. The molecule has 1 fully saturated rings. The quantitative estimate of drug-likeness (QED) is 0.408. The molecule has 114 valence electrons. The minimum atomic E-state index is -0.779. The summed E-state index contributed by atoms with van der Waals surface area (Å²) in [5, 5.41) is 0. The molecule has 0 saturated carbocycles. The third-order valence-electron chi connectivity index (χ3n) is 3.00. The van der Waals surface area contributed by atoms with Crippen molar-refractivity contribution < 1.29 is 23.8 Å². The summed E-state index contributed by atoms with van der Waals surface area (Å²) in [6, 6.07) is 0. The molecule has 0 aromatic heterocycles. The lowest BCUT2D eigenvalue weighted by Gasteiger charge is -2.29. The Hall–Kier alpha value is -1.36. The highest BCUT2D eigenvalue weighted by Gasteiger charge is 2.31. The van der Waals surface area contributed by atoms with E-state index >= 15 is 0 Å². The fourth-order valence-electron chi connectivity index (χ4n) is 2.00. The molecule has 0 unspecified atom stereocenters. The van der Waals surface area contributed by atoms with Crippen molar-refractivity contribution in [3.8, 4) is 0 Å². The van der Waals surface area contributed by atoms with Crippen LogP contribution in [-0.4, -0.2) is 30.9 Å². The van der Waals surface area contributed by atoms with Crippen LogP contribution in [0.2, 0.25) is 0 Å². The van der Waals surface area contributed by atoms with E-state index in [1.165, 1.54) is 13.0 Å². The van der Waals surface area contributed by atoms with Crippen molar-refractivity contribution in [3.63, 3.8) is 0 Å². The van der Waals surface area contributed by atoms with E-state index in [4.69, 9.17) is 14.2 Å². The van der Waals surface area contributed by atoms with E-state index in [0.717, 1.165) is 32.1 Å². The predicted octanol–water partition coefficient (Wildman–Crippen LogP) is 2.73. The summed E-state index contributed by atoms with van der Waals surface area (Å²) in [5.74, 6) is -0.845. The van der Waals surface area contributed by atoms with E-state index < -0.39 is 24.3 Å². The minimum Gasteiger partial charge on any atom is -0.453 e. The number of allylic oxidation sites excluding steroid dienone is 1. The summed E-state index contributed by atoms with van der Waals surface area (Å²) in [6.45, 7) is 3.96. The molecule has 5 nitrogen and oxygen atoms in total. The first-order chi connectivity index (χ1) is 9.63. The fourth-order valence-corrected chi connectivity index (χ4v) is 2.00. The van der Waals surface area contributed by atoms with Gasteiger partial charge < -0.3 is 14.2 Å². The molecule has 5 heteroatoms. The van der Waals surface area contributed by atoms with Gasteiger partial charge in [0.2, 0.25) is 6.29 Å². The molecule has 0 amide bonds. The lowest BCUT2D eigenvalue weighted by atomic mass is 10.1. The van der Waals surface area contributed by atoms with Gasteiger partial charge in [0.05, 0.1) is 6.61 Å². The largest absolute Gasteiger partial charge is 0.453 e. The molecule has 1 rings (SSSR count). The van der Waals surface area contributed by atoms with Crippen molar-refractivity contribution in [2.45, 2.75) is 64.8 Å². The van der Waals surface area contributed by atoms with Gasteiger partial charge >= 0.3 is 11.9 Å². The van der Waals surface area contributed by atoms with Gasteiger partial charge in [0, 0.05) is 13.0 Å². The number of carbonyl (C=O) groups is 2. The van der Waals surface area contributed by atoms with E-state index in [-0.39, 0.29) is 0 Å².